The van der Waals surface area contributed by atoms with E-state index in [1.807, 2.05) is 36.2 Å². The highest BCUT2D eigenvalue weighted by atomic mass is 35.5. The molecule has 1 amide bonds. The SMILES string of the molecule is C=Nc1cc(NC(c2cccnc2)C2CCN(C(C)=O)CC2)cc(Cl)c1/N=C\C. The third-order valence-corrected chi connectivity index (χ3v) is 5.58. The smallest absolute Gasteiger partial charge is 0.219 e. The first-order valence-corrected chi connectivity index (χ1v) is 10.1. The summed E-state index contributed by atoms with van der Waals surface area (Å²) in [5, 5.41) is 4.15. The Balaban J connectivity index is 1.89. The van der Waals surface area contributed by atoms with E-state index in [9.17, 15) is 4.79 Å². The molecule has 29 heavy (non-hydrogen) atoms. The molecule has 1 unspecified atom stereocenters. The van der Waals surface area contributed by atoms with Gasteiger partial charge in [-0.3, -0.25) is 19.8 Å². The van der Waals surface area contributed by atoms with Crippen LogP contribution in [-0.4, -0.2) is 41.8 Å². The Labute approximate surface area is 176 Å². The second kappa shape index (κ2) is 9.65. The van der Waals surface area contributed by atoms with E-state index >= 15 is 0 Å². The van der Waals surface area contributed by atoms with Gasteiger partial charge in [-0.1, -0.05) is 17.7 Å². The van der Waals surface area contributed by atoms with Gasteiger partial charge in [-0.15, -0.1) is 0 Å². The van der Waals surface area contributed by atoms with Crippen LogP contribution in [-0.2, 0) is 4.79 Å². The van der Waals surface area contributed by atoms with E-state index in [2.05, 4.69) is 33.1 Å². The van der Waals surface area contributed by atoms with Gasteiger partial charge in [0.2, 0.25) is 5.91 Å². The molecule has 1 N–H and O–H groups in total. The number of aliphatic imine (C=N–C) groups is 2. The minimum Gasteiger partial charge on any atom is -0.378 e. The van der Waals surface area contributed by atoms with Crippen LogP contribution in [0.25, 0.3) is 0 Å². The van der Waals surface area contributed by atoms with E-state index in [4.69, 9.17) is 11.6 Å². The van der Waals surface area contributed by atoms with E-state index in [1.54, 1.807) is 19.3 Å². The highest BCUT2D eigenvalue weighted by molar-refractivity contribution is 6.34. The molecule has 0 saturated carbocycles. The molecule has 1 aromatic carbocycles. The quantitative estimate of drug-likeness (QED) is 0.664. The predicted octanol–water partition coefficient (Wildman–Crippen LogP) is 5.20. The Morgan fingerprint density at radius 3 is 2.76 bits per heavy atom. The molecule has 1 aliphatic rings. The Kier molecular flexibility index (Phi) is 6.99. The maximum absolute atomic E-state index is 11.7. The van der Waals surface area contributed by atoms with Gasteiger partial charge < -0.3 is 10.2 Å². The van der Waals surface area contributed by atoms with Crippen LogP contribution in [0.2, 0.25) is 5.02 Å². The molecule has 6 nitrogen and oxygen atoms in total. The van der Waals surface area contributed by atoms with Crippen molar-refractivity contribution in [1.29, 1.82) is 0 Å². The second-order valence-electron chi connectivity index (χ2n) is 7.12. The van der Waals surface area contributed by atoms with Crippen molar-refractivity contribution in [3.05, 3.63) is 47.2 Å². The minimum absolute atomic E-state index is 0.0482. The Morgan fingerprint density at radius 2 is 2.17 bits per heavy atom. The largest absolute Gasteiger partial charge is 0.378 e. The van der Waals surface area contributed by atoms with Gasteiger partial charge in [0.15, 0.2) is 0 Å². The van der Waals surface area contributed by atoms with Crippen LogP contribution in [0.1, 0.15) is 38.3 Å². The molecule has 0 spiro atoms. The van der Waals surface area contributed by atoms with Crippen molar-refractivity contribution in [1.82, 2.24) is 9.88 Å². The topological polar surface area (TPSA) is 70.0 Å². The lowest BCUT2D eigenvalue weighted by atomic mass is 9.85. The summed E-state index contributed by atoms with van der Waals surface area (Å²) in [6.45, 7) is 8.65. The molecular formula is C22H26ClN5O. The highest BCUT2D eigenvalue weighted by Gasteiger charge is 2.29. The van der Waals surface area contributed by atoms with Crippen molar-refractivity contribution in [2.45, 2.75) is 32.7 Å². The van der Waals surface area contributed by atoms with Crippen molar-refractivity contribution in [3.63, 3.8) is 0 Å². The van der Waals surface area contributed by atoms with Crippen LogP contribution in [0.5, 0.6) is 0 Å². The number of carbonyl (C=O) groups excluding carboxylic acids is 1. The van der Waals surface area contributed by atoms with Crippen molar-refractivity contribution in [2.75, 3.05) is 18.4 Å². The normalized spacial score (nSPS) is 16.0. The number of nitrogens with one attached hydrogen (secondary N) is 1. The zero-order valence-corrected chi connectivity index (χ0v) is 17.6. The lowest BCUT2D eigenvalue weighted by Gasteiger charge is -2.36. The van der Waals surface area contributed by atoms with Crippen molar-refractivity contribution < 1.29 is 4.79 Å². The first kappa shape index (κ1) is 21.0. The number of pyridine rings is 1. The zero-order chi connectivity index (χ0) is 20.8. The standard InChI is InChI=1S/C22H26ClN5O/c1-4-26-22-19(23)12-18(13-20(22)24-3)27-21(17-6-5-9-25-14-17)16-7-10-28(11-8-16)15(2)29/h4-6,9,12-14,16,21,27H,3,7-8,10-11H2,1-2H3/b26-4-. The van der Waals surface area contributed by atoms with E-state index in [-0.39, 0.29) is 11.9 Å². The van der Waals surface area contributed by atoms with Crippen LogP contribution in [0.15, 0.2) is 46.6 Å². The van der Waals surface area contributed by atoms with Crippen molar-refractivity contribution >= 4 is 47.5 Å². The number of halogens is 1. The number of rotatable bonds is 6. The number of anilines is 1. The number of aromatic nitrogens is 1. The molecule has 152 valence electrons. The number of hydrogen-bond donors (Lipinski definition) is 1. The first-order valence-electron chi connectivity index (χ1n) is 9.74. The number of amides is 1. The third kappa shape index (κ3) is 5.01. The molecule has 0 aliphatic carbocycles. The van der Waals surface area contributed by atoms with Crippen LogP contribution >= 0.6 is 11.6 Å². The third-order valence-electron chi connectivity index (χ3n) is 5.29. The highest BCUT2D eigenvalue weighted by Crippen LogP contribution is 2.40. The monoisotopic (exact) mass is 411 g/mol. The van der Waals surface area contributed by atoms with Crippen LogP contribution in [0.4, 0.5) is 17.1 Å². The Hall–Kier alpha value is -2.73. The zero-order valence-electron chi connectivity index (χ0n) is 16.8. The molecule has 0 bridgehead atoms. The first-order chi connectivity index (χ1) is 14.0. The number of likely N-dealkylation sites (tertiary alicyclic amines) is 1. The molecule has 0 radical (unpaired) electrons. The van der Waals surface area contributed by atoms with Gasteiger partial charge in [0.05, 0.1) is 16.8 Å². The number of hydrogen-bond acceptors (Lipinski definition) is 5. The van der Waals surface area contributed by atoms with Gasteiger partial charge >= 0.3 is 0 Å². The number of benzene rings is 1. The van der Waals surface area contributed by atoms with Crippen molar-refractivity contribution in [2.24, 2.45) is 15.9 Å². The fraction of sp³-hybridized carbons (Fsp3) is 0.364. The average molecular weight is 412 g/mol. The molecule has 1 atom stereocenters. The van der Waals surface area contributed by atoms with E-state index < -0.39 is 0 Å². The Morgan fingerprint density at radius 1 is 1.41 bits per heavy atom. The molecule has 1 fully saturated rings. The summed E-state index contributed by atoms with van der Waals surface area (Å²) in [5.74, 6) is 0.497. The molecule has 2 aromatic rings. The fourth-order valence-electron chi connectivity index (χ4n) is 3.81. The average Bonchev–Trinajstić information content (AvgIpc) is 2.74. The van der Waals surface area contributed by atoms with Gasteiger partial charge in [0.25, 0.3) is 0 Å². The molecular weight excluding hydrogens is 386 g/mol. The van der Waals surface area contributed by atoms with Gasteiger partial charge in [0, 0.05) is 44.3 Å². The summed E-state index contributed by atoms with van der Waals surface area (Å²) in [4.78, 5) is 26.3. The van der Waals surface area contributed by atoms with Crippen molar-refractivity contribution in [3.8, 4) is 0 Å². The maximum Gasteiger partial charge on any atom is 0.219 e. The van der Waals surface area contributed by atoms with Crippen LogP contribution < -0.4 is 5.32 Å². The summed E-state index contributed by atoms with van der Waals surface area (Å²) >= 11 is 6.46. The molecule has 1 aromatic heterocycles. The number of nitrogens with zero attached hydrogens (tertiary/aromatic N) is 4. The maximum atomic E-state index is 11.7. The minimum atomic E-state index is 0.0482. The Bertz CT molecular complexity index is 892. The molecule has 1 aliphatic heterocycles. The summed E-state index contributed by atoms with van der Waals surface area (Å²) < 4.78 is 0. The molecule has 7 heteroatoms. The number of carbonyl (C=O) groups is 1. The molecule has 1 saturated heterocycles. The lowest BCUT2D eigenvalue weighted by Crippen LogP contribution is -2.39. The second-order valence-corrected chi connectivity index (χ2v) is 7.53. The van der Waals surface area contributed by atoms with E-state index in [0.29, 0.717) is 22.3 Å². The summed E-state index contributed by atoms with van der Waals surface area (Å²) in [5.41, 5.74) is 3.21. The lowest BCUT2D eigenvalue weighted by molar-refractivity contribution is -0.130. The van der Waals surface area contributed by atoms with Gasteiger partial charge in [0.1, 0.15) is 5.69 Å². The summed E-state index contributed by atoms with van der Waals surface area (Å²) in [6, 6.07) is 7.85. The van der Waals surface area contributed by atoms with Gasteiger partial charge in [-0.25, -0.2) is 0 Å². The van der Waals surface area contributed by atoms with Crippen LogP contribution in [0.3, 0.4) is 0 Å². The molecule has 3 rings (SSSR count). The van der Waals surface area contributed by atoms with Crippen LogP contribution in [0, 0.1) is 5.92 Å². The van der Waals surface area contributed by atoms with Gasteiger partial charge in [-0.2, -0.15) is 0 Å². The predicted molar refractivity (Wildman–Crippen MR) is 120 cm³/mol. The summed E-state index contributed by atoms with van der Waals surface area (Å²) in [7, 11) is 0. The fourth-order valence-corrected chi connectivity index (χ4v) is 4.07. The van der Waals surface area contributed by atoms with E-state index in [0.717, 1.165) is 37.2 Å². The molecule has 2 heterocycles. The van der Waals surface area contributed by atoms with E-state index in [1.165, 1.54) is 0 Å². The number of piperidine rings is 1. The summed E-state index contributed by atoms with van der Waals surface area (Å²) in [6.07, 6.45) is 7.19. The van der Waals surface area contributed by atoms with Gasteiger partial charge in [-0.05, 0) is 56.2 Å².